The van der Waals surface area contributed by atoms with Crippen molar-refractivity contribution in [3.8, 4) is 5.75 Å². The summed E-state index contributed by atoms with van der Waals surface area (Å²) in [6.45, 7) is 9.80. The van der Waals surface area contributed by atoms with Gasteiger partial charge in [0.15, 0.2) is 0 Å². The van der Waals surface area contributed by atoms with Gasteiger partial charge in [0.1, 0.15) is 5.75 Å². The number of hydrogen-bond acceptors (Lipinski definition) is 4. The summed E-state index contributed by atoms with van der Waals surface area (Å²) >= 11 is 0. The normalized spacial score (nSPS) is 15.5. The second kappa shape index (κ2) is 9.53. The molecule has 0 saturated carbocycles. The largest absolute Gasteiger partial charge is 0.492 e. The molecule has 2 aromatic carbocycles. The Kier molecular flexibility index (Phi) is 6.85. The van der Waals surface area contributed by atoms with Crippen LogP contribution in [0.4, 0.5) is 5.69 Å². The molecule has 1 aliphatic heterocycles. The maximum absolute atomic E-state index is 12.4. The highest BCUT2D eigenvalue weighted by Gasteiger charge is 2.19. The molecule has 27 heavy (non-hydrogen) atoms. The van der Waals surface area contributed by atoms with Crippen LogP contribution >= 0.6 is 0 Å². The molecule has 1 aliphatic rings. The van der Waals surface area contributed by atoms with Crippen LogP contribution in [0.15, 0.2) is 48.5 Å². The predicted octanol–water partition coefficient (Wildman–Crippen LogP) is 3.15. The molecular formula is C22H29N3O2. The summed E-state index contributed by atoms with van der Waals surface area (Å²) in [6.07, 6.45) is 0. The van der Waals surface area contributed by atoms with Crippen LogP contribution in [0.5, 0.6) is 5.75 Å². The van der Waals surface area contributed by atoms with Crippen LogP contribution in [0.25, 0.3) is 0 Å². The lowest BCUT2D eigenvalue weighted by atomic mass is 10.1. The van der Waals surface area contributed by atoms with Gasteiger partial charge >= 0.3 is 0 Å². The zero-order valence-corrected chi connectivity index (χ0v) is 16.3. The Labute approximate surface area is 161 Å². The third kappa shape index (κ3) is 5.81. The Morgan fingerprint density at radius 1 is 1.00 bits per heavy atom. The Morgan fingerprint density at radius 3 is 2.37 bits per heavy atom. The zero-order valence-electron chi connectivity index (χ0n) is 16.3. The van der Waals surface area contributed by atoms with Gasteiger partial charge in [0, 0.05) is 32.7 Å². The van der Waals surface area contributed by atoms with Gasteiger partial charge in [0.05, 0.1) is 18.8 Å². The first kappa shape index (κ1) is 19.4. The third-order valence-electron chi connectivity index (χ3n) is 4.82. The number of carbonyl (C=O) groups excluding carboxylic acids is 1. The molecule has 0 aliphatic carbocycles. The lowest BCUT2D eigenvalue weighted by Gasteiger charge is -2.34. The number of aryl methyl sites for hydroxylation is 1. The van der Waals surface area contributed by atoms with E-state index < -0.39 is 0 Å². The number of amides is 1. The molecule has 0 aromatic heterocycles. The highest BCUT2D eigenvalue weighted by molar-refractivity contribution is 5.93. The molecule has 1 N–H and O–H groups in total. The minimum Gasteiger partial charge on any atom is -0.492 e. The molecule has 5 heteroatoms. The molecule has 1 saturated heterocycles. The highest BCUT2D eigenvalue weighted by Crippen LogP contribution is 2.23. The molecule has 2 aromatic rings. The number of carbonyl (C=O) groups is 1. The van der Waals surface area contributed by atoms with Crippen LogP contribution in [0, 0.1) is 6.92 Å². The summed E-state index contributed by atoms with van der Waals surface area (Å²) in [7, 11) is 0. The van der Waals surface area contributed by atoms with Gasteiger partial charge in [-0.1, -0.05) is 42.0 Å². The van der Waals surface area contributed by atoms with Crippen LogP contribution < -0.4 is 10.1 Å². The van der Waals surface area contributed by atoms with Gasteiger partial charge in [-0.05, 0) is 31.5 Å². The smallest absolute Gasteiger partial charge is 0.238 e. The van der Waals surface area contributed by atoms with Gasteiger partial charge in [-0.3, -0.25) is 14.6 Å². The number of hydrogen-bond donors (Lipinski definition) is 1. The van der Waals surface area contributed by atoms with Crippen molar-refractivity contribution in [1.82, 2.24) is 9.80 Å². The Balaban J connectivity index is 1.45. The first-order valence-corrected chi connectivity index (χ1v) is 9.66. The van der Waals surface area contributed by atoms with E-state index in [-0.39, 0.29) is 5.91 Å². The number of benzene rings is 2. The maximum atomic E-state index is 12.4. The summed E-state index contributed by atoms with van der Waals surface area (Å²) in [5.74, 6) is 0.727. The second-order valence-electron chi connectivity index (χ2n) is 7.02. The summed E-state index contributed by atoms with van der Waals surface area (Å²) in [4.78, 5) is 17.1. The number of piperazine rings is 1. The van der Waals surface area contributed by atoms with E-state index in [9.17, 15) is 4.79 Å². The van der Waals surface area contributed by atoms with Crippen molar-refractivity contribution < 1.29 is 9.53 Å². The van der Waals surface area contributed by atoms with Gasteiger partial charge in [0.25, 0.3) is 0 Å². The minimum atomic E-state index is 0.00846. The molecule has 0 spiro atoms. The van der Waals surface area contributed by atoms with Crippen LogP contribution in [0.1, 0.15) is 18.1 Å². The first-order valence-electron chi connectivity index (χ1n) is 9.66. The standard InChI is InChI=1S/C22H29N3O2/c1-3-27-21-7-5-4-6-20(21)23-22(26)17-25-14-12-24(13-15-25)16-19-10-8-18(2)9-11-19/h4-11H,3,12-17H2,1-2H3,(H,23,26). The highest BCUT2D eigenvalue weighted by atomic mass is 16.5. The van der Waals surface area contributed by atoms with Gasteiger partial charge < -0.3 is 10.1 Å². The van der Waals surface area contributed by atoms with Crippen LogP contribution in [0.2, 0.25) is 0 Å². The Hall–Kier alpha value is -2.37. The number of nitrogens with one attached hydrogen (secondary N) is 1. The van der Waals surface area contributed by atoms with Crippen molar-refractivity contribution in [2.45, 2.75) is 20.4 Å². The van der Waals surface area contributed by atoms with Gasteiger partial charge in [0.2, 0.25) is 5.91 Å². The fourth-order valence-electron chi connectivity index (χ4n) is 3.30. The van der Waals surface area contributed by atoms with Crippen molar-refractivity contribution in [3.05, 3.63) is 59.7 Å². The molecule has 0 radical (unpaired) electrons. The van der Waals surface area contributed by atoms with Gasteiger partial charge in [-0.15, -0.1) is 0 Å². The number of ether oxygens (including phenoxy) is 1. The van der Waals surface area contributed by atoms with Crippen molar-refractivity contribution in [3.63, 3.8) is 0 Å². The predicted molar refractivity (Wildman–Crippen MR) is 109 cm³/mol. The van der Waals surface area contributed by atoms with E-state index in [1.165, 1.54) is 11.1 Å². The number of nitrogens with zero attached hydrogens (tertiary/aromatic N) is 2. The second-order valence-corrected chi connectivity index (χ2v) is 7.02. The molecular weight excluding hydrogens is 338 g/mol. The SMILES string of the molecule is CCOc1ccccc1NC(=O)CN1CCN(Cc2ccc(C)cc2)CC1. The van der Waals surface area contributed by atoms with Crippen LogP contribution in [-0.2, 0) is 11.3 Å². The number of anilines is 1. The topological polar surface area (TPSA) is 44.8 Å². The summed E-state index contributed by atoms with van der Waals surface area (Å²) in [6, 6.07) is 16.3. The van der Waals surface area contributed by atoms with E-state index in [0.29, 0.717) is 13.2 Å². The number of rotatable bonds is 7. The molecule has 5 nitrogen and oxygen atoms in total. The first-order chi connectivity index (χ1) is 13.1. The zero-order chi connectivity index (χ0) is 19.1. The molecule has 0 bridgehead atoms. The Bertz CT molecular complexity index is 737. The van der Waals surface area contributed by atoms with E-state index >= 15 is 0 Å². The molecule has 1 fully saturated rings. The average molecular weight is 367 g/mol. The molecule has 3 rings (SSSR count). The van der Waals surface area contributed by atoms with Crippen molar-refractivity contribution >= 4 is 11.6 Å². The van der Waals surface area contributed by atoms with Crippen molar-refractivity contribution in [2.75, 3.05) is 44.6 Å². The monoisotopic (exact) mass is 367 g/mol. The summed E-state index contributed by atoms with van der Waals surface area (Å²) < 4.78 is 5.57. The quantitative estimate of drug-likeness (QED) is 0.817. The maximum Gasteiger partial charge on any atom is 0.238 e. The average Bonchev–Trinajstić information content (AvgIpc) is 2.67. The summed E-state index contributed by atoms with van der Waals surface area (Å²) in [5.41, 5.74) is 3.38. The van der Waals surface area contributed by atoms with E-state index in [1.54, 1.807) is 0 Å². The van der Waals surface area contributed by atoms with Crippen molar-refractivity contribution in [1.29, 1.82) is 0 Å². The fraction of sp³-hybridized carbons (Fsp3) is 0.409. The van der Waals surface area contributed by atoms with E-state index in [0.717, 1.165) is 44.2 Å². The van der Waals surface area contributed by atoms with E-state index in [2.05, 4.69) is 46.3 Å². The lowest BCUT2D eigenvalue weighted by molar-refractivity contribution is -0.117. The summed E-state index contributed by atoms with van der Waals surface area (Å²) in [5, 5.41) is 2.98. The third-order valence-corrected chi connectivity index (χ3v) is 4.82. The van der Waals surface area contributed by atoms with E-state index in [4.69, 9.17) is 4.74 Å². The van der Waals surface area contributed by atoms with Crippen LogP contribution in [0.3, 0.4) is 0 Å². The van der Waals surface area contributed by atoms with Crippen LogP contribution in [-0.4, -0.2) is 55.0 Å². The molecule has 1 heterocycles. The minimum absolute atomic E-state index is 0.00846. The lowest BCUT2D eigenvalue weighted by Crippen LogP contribution is -2.48. The van der Waals surface area contributed by atoms with E-state index in [1.807, 2.05) is 31.2 Å². The fourth-order valence-corrected chi connectivity index (χ4v) is 3.30. The molecule has 0 atom stereocenters. The van der Waals surface area contributed by atoms with Gasteiger partial charge in [-0.25, -0.2) is 0 Å². The van der Waals surface area contributed by atoms with Gasteiger partial charge in [-0.2, -0.15) is 0 Å². The number of para-hydroxylation sites is 2. The Morgan fingerprint density at radius 2 is 1.67 bits per heavy atom. The molecule has 1 amide bonds. The molecule has 144 valence electrons. The van der Waals surface area contributed by atoms with Crippen molar-refractivity contribution in [2.24, 2.45) is 0 Å². The molecule has 0 unspecified atom stereocenters.